The Morgan fingerprint density at radius 2 is 1.93 bits per heavy atom. The van der Waals surface area contributed by atoms with Crippen molar-refractivity contribution >= 4 is 38.9 Å². The maximum absolute atomic E-state index is 12.6. The summed E-state index contributed by atoms with van der Waals surface area (Å²) < 4.78 is 7.28. The quantitative estimate of drug-likeness (QED) is 0.444. The van der Waals surface area contributed by atoms with Crippen LogP contribution in [-0.2, 0) is 0 Å². The summed E-state index contributed by atoms with van der Waals surface area (Å²) in [4.78, 5) is 30.3. The van der Waals surface area contributed by atoms with Crippen molar-refractivity contribution in [2.24, 2.45) is 0 Å². The summed E-state index contributed by atoms with van der Waals surface area (Å²) >= 11 is 1.60. The SMILES string of the molecule is Cc1csc2nc(-c3ccc(NC(=O)c4cc5ccccc5oc4=O)cc3)cn12. The molecule has 0 bridgehead atoms. The van der Waals surface area contributed by atoms with E-state index in [-0.39, 0.29) is 5.56 Å². The van der Waals surface area contributed by atoms with E-state index in [4.69, 9.17) is 4.42 Å². The molecule has 0 saturated carbocycles. The molecule has 0 aliphatic heterocycles. The maximum Gasteiger partial charge on any atom is 0.349 e. The molecule has 2 aromatic carbocycles. The highest BCUT2D eigenvalue weighted by Gasteiger charge is 2.14. The van der Waals surface area contributed by atoms with Gasteiger partial charge in [-0.2, -0.15) is 0 Å². The molecule has 0 spiro atoms. The van der Waals surface area contributed by atoms with Gasteiger partial charge >= 0.3 is 5.63 Å². The topological polar surface area (TPSA) is 76.6 Å². The number of hydrogen-bond acceptors (Lipinski definition) is 5. The van der Waals surface area contributed by atoms with Crippen LogP contribution in [0.3, 0.4) is 0 Å². The zero-order chi connectivity index (χ0) is 20.0. The van der Waals surface area contributed by atoms with Gasteiger partial charge in [0, 0.05) is 33.9 Å². The Bertz CT molecular complexity index is 1430. The van der Waals surface area contributed by atoms with E-state index >= 15 is 0 Å². The van der Waals surface area contributed by atoms with Crippen molar-refractivity contribution in [2.75, 3.05) is 5.32 Å². The minimum atomic E-state index is -0.661. The molecule has 0 aliphatic rings. The van der Waals surface area contributed by atoms with Crippen molar-refractivity contribution in [1.82, 2.24) is 9.38 Å². The molecule has 7 heteroatoms. The molecule has 0 aliphatic carbocycles. The van der Waals surface area contributed by atoms with E-state index in [1.165, 1.54) is 0 Å². The standard InChI is InChI=1S/C22H15N3O3S/c1-13-12-29-22-24-18(11-25(13)22)14-6-8-16(9-7-14)23-20(26)17-10-15-4-2-3-5-19(15)28-21(17)27/h2-12H,1H3,(H,23,26). The molecule has 0 atom stereocenters. The van der Waals surface area contributed by atoms with Crippen LogP contribution in [0.1, 0.15) is 16.1 Å². The van der Waals surface area contributed by atoms with E-state index in [2.05, 4.69) is 20.1 Å². The second-order valence-corrected chi connectivity index (χ2v) is 7.51. The number of aromatic nitrogens is 2. The lowest BCUT2D eigenvalue weighted by molar-refractivity contribution is 0.102. The number of benzene rings is 2. The second kappa shape index (κ2) is 6.72. The van der Waals surface area contributed by atoms with Gasteiger partial charge in [0.2, 0.25) is 0 Å². The first-order chi connectivity index (χ1) is 14.1. The molecule has 0 radical (unpaired) electrons. The third-order valence-corrected chi connectivity index (χ3v) is 5.67. The van der Waals surface area contributed by atoms with Crippen molar-refractivity contribution in [1.29, 1.82) is 0 Å². The van der Waals surface area contributed by atoms with Gasteiger partial charge in [0.25, 0.3) is 5.91 Å². The maximum atomic E-state index is 12.6. The summed E-state index contributed by atoms with van der Waals surface area (Å²) in [5, 5.41) is 5.51. The van der Waals surface area contributed by atoms with E-state index in [0.29, 0.717) is 16.7 Å². The van der Waals surface area contributed by atoms with Crippen molar-refractivity contribution in [2.45, 2.75) is 6.92 Å². The highest BCUT2D eigenvalue weighted by molar-refractivity contribution is 7.15. The normalized spacial score (nSPS) is 11.2. The third kappa shape index (κ3) is 3.11. The van der Waals surface area contributed by atoms with Gasteiger partial charge in [-0.3, -0.25) is 9.20 Å². The van der Waals surface area contributed by atoms with Gasteiger partial charge in [-0.05, 0) is 31.2 Å². The van der Waals surface area contributed by atoms with Crippen LogP contribution >= 0.6 is 11.3 Å². The van der Waals surface area contributed by atoms with Crippen LogP contribution in [0.15, 0.2) is 75.4 Å². The first kappa shape index (κ1) is 17.4. The minimum absolute atomic E-state index is 0.0300. The molecule has 29 heavy (non-hydrogen) atoms. The summed E-state index contributed by atoms with van der Waals surface area (Å²) in [5.41, 5.74) is 3.30. The Labute approximate surface area is 169 Å². The van der Waals surface area contributed by atoms with Gasteiger partial charge in [-0.25, -0.2) is 9.78 Å². The lowest BCUT2D eigenvalue weighted by Crippen LogP contribution is -2.20. The van der Waals surface area contributed by atoms with Crippen LogP contribution in [0.5, 0.6) is 0 Å². The zero-order valence-electron chi connectivity index (χ0n) is 15.4. The lowest BCUT2D eigenvalue weighted by Gasteiger charge is -2.06. The largest absolute Gasteiger partial charge is 0.422 e. The summed E-state index contributed by atoms with van der Waals surface area (Å²) in [5.74, 6) is -0.504. The van der Waals surface area contributed by atoms with Crippen molar-refractivity contribution in [3.63, 3.8) is 0 Å². The highest BCUT2D eigenvalue weighted by Crippen LogP contribution is 2.24. The van der Waals surface area contributed by atoms with Crippen molar-refractivity contribution in [3.05, 3.63) is 87.9 Å². The number of thiazole rings is 1. The van der Waals surface area contributed by atoms with Gasteiger partial charge in [0.1, 0.15) is 11.1 Å². The van der Waals surface area contributed by atoms with Crippen molar-refractivity contribution in [3.8, 4) is 11.3 Å². The van der Waals surface area contributed by atoms with Gasteiger partial charge < -0.3 is 9.73 Å². The predicted molar refractivity (Wildman–Crippen MR) is 114 cm³/mol. The number of aryl methyl sites for hydroxylation is 1. The van der Waals surface area contributed by atoms with Gasteiger partial charge in [-0.1, -0.05) is 30.3 Å². The first-order valence-electron chi connectivity index (χ1n) is 8.96. The van der Waals surface area contributed by atoms with Gasteiger partial charge in [0.15, 0.2) is 4.96 Å². The fourth-order valence-electron chi connectivity index (χ4n) is 3.18. The number of para-hydroxylation sites is 1. The smallest absolute Gasteiger partial charge is 0.349 e. The summed E-state index contributed by atoms with van der Waals surface area (Å²) in [6.45, 7) is 2.04. The van der Waals surface area contributed by atoms with Gasteiger partial charge in [-0.15, -0.1) is 11.3 Å². The van der Waals surface area contributed by atoms with E-state index in [1.54, 1.807) is 47.7 Å². The fraction of sp³-hybridized carbons (Fsp3) is 0.0455. The highest BCUT2D eigenvalue weighted by atomic mass is 32.1. The number of anilines is 1. The van der Waals surface area contributed by atoms with Crippen molar-refractivity contribution < 1.29 is 9.21 Å². The molecule has 5 aromatic rings. The number of fused-ring (bicyclic) bond motifs is 2. The Kier molecular flexibility index (Phi) is 4.03. The number of carbonyl (C=O) groups excluding carboxylic acids is 1. The molecule has 3 aromatic heterocycles. The third-order valence-electron chi connectivity index (χ3n) is 4.71. The number of imidazole rings is 1. The Balaban J connectivity index is 1.40. The Hall–Kier alpha value is -3.71. The van der Waals surface area contributed by atoms with Crippen LogP contribution in [-0.4, -0.2) is 15.3 Å². The van der Waals surface area contributed by atoms with Crippen LogP contribution in [0.2, 0.25) is 0 Å². The average Bonchev–Trinajstić information content (AvgIpc) is 3.30. The summed E-state index contributed by atoms with van der Waals surface area (Å²) in [6, 6.07) is 16.0. The molecule has 0 fully saturated rings. The number of hydrogen-bond donors (Lipinski definition) is 1. The van der Waals surface area contributed by atoms with Crippen LogP contribution < -0.4 is 10.9 Å². The monoisotopic (exact) mass is 401 g/mol. The molecular formula is C22H15N3O3S. The zero-order valence-corrected chi connectivity index (χ0v) is 16.2. The number of rotatable bonds is 3. The lowest BCUT2D eigenvalue weighted by atomic mass is 10.1. The predicted octanol–water partition coefficient (Wildman–Crippen LogP) is 4.73. The van der Waals surface area contributed by atoms with E-state index < -0.39 is 11.5 Å². The van der Waals surface area contributed by atoms with E-state index in [9.17, 15) is 9.59 Å². The van der Waals surface area contributed by atoms with E-state index in [0.717, 1.165) is 21.9 Å². The second-order valence-electron chi connectivity index (χ2n) is 6.67. The summed E-state index contributed by atoms with van der Waals surface area (Å²) in [7, 11) is 0. The number of nitrogens with zero attached hydrogens (tertiary/aromatic N) is 2. The molecule has 3 heterocycles. The molecule has 1 N–H and O–H groups in total. The molecule has 6 nitrogen and oxygen atoms in total. The number of amides is 1. The van der Waals surface area contributed by atoms with Crippen LogP contribution in [0, 0.1) is 6.92 Å². The molecule has 142 valence electrons. The molecule has 0 saturated heterocycles. The van der Waals surface area contributed by atoms with E-state index in [1.807, 2.05) is 31.3 Å². The van der Waals surface area contributed by atoms with Gasteiger partial charge in [0.05, 0.1) is 5.69 Å². The molecule has 0 unspecified atom stereocenters. The fourth-order valence-corrected chi connectivity index (χ4v) is 4.03. The molecule has 1 amide bonds. The Morgan fingerprint density at radius 3 is 2.72 bits per heavy atom. The molecular weight excluding hydrogens is 386 g/mol. The number of nitrogens with one attached hydrogen (secondary N) is 1. The summed E-state index contributed by atoms with van der Waals surface area (Å²) in [6.07, 6.45) is 2.00. The Morgan fingerprint density at radius 1 is 1.14 bits per heavy atom. The van der Waals surface area contributed by atoms with Crippen LogP contribution in [0.4, 0.5) is 5.69 Å². The number of carbonyl (C=O) groups is 1. The van der Waals surface area contributed by atoms with Crippen LogP contribution in [0.25, 0.3) is 27.2 Å². The molecule has 5 rings (SSSR count). The first-order valence-corrected chi connectivity index (χ1v) is 9.84. The average molecular weight is 401 g/mol. The minimum Gasteiger partial charge on any atom is -0.422 e.